The molecule has 0 aromatic heterocycles. The average Bonchev–Trinajstić information content (AvgIpc) is 2.43. The molecule has 2 rings (SSSR count). The fraction of sp³-hybridized carbons (Fsp3) is 0.312. The summed E-state index contributed by atoms with van der Waals surface area (Å²) in [7, 11) is 0. The summed E-state index contributed by atoms with van der Waals surface area (Å²) in [5.41, 5.74) is 0.725. The molecule has 19 heavy (non-hydrogen) atoms. The number of aliphatic hydroxyl groups is 1. The molecule has 100 valence electrons. The molecule has 2 aromatic carbocycles. The smallest absolute Gasteiger partial charge is 0.163 e. The molecule has 0 amide bonds. The molecule has 2 aromatic rings. The lowest BCUT2D eigenvalue weighted by atomic mass is 9.99. The van der Waals surface area contributed by atoms with Crippen molar-refractivity contribution in [1.29, 1.82) is 0 Å². The second kappa shape index (κ2) is 5.85. The SMILES string of the molecule is CCC(=O)c1ccc(OC[C@@H](C)O)c2ccccc12. The summed E-state index contributed by atoms with van der Waals surface area (Å²) in [5, 5.41) is 11.1. The van der Waals surface area contributed by atoms with E-state index < -0.39 is 6.10 Å². The van der Waals surface area contributed by atoms with Crippen LogP contribution in [0.15, 0.2) is 36.4 Å². The Labute approximate surface area is 112 Å². The lowest BCUT2D eigenvalue weighted by Gasteiger charge is -2.12. The number of hydrogen-bond donors (Lipinski definition) is 1. The van der Waals surface area contributed by atoms with Gasteiger partial charge in [-0.25, -0.2) is 0 Å². The number of aliphatic hydroxyl groups excluding tert-OH is 1. The molecule has 0 bridgehead atoms. The Balaban J connectivity index is 2.49. The van der Waals surface area contributed by atoms with Crippen LogP contribution in [0.2, 0.25) is 0 Å². The van der Waals surface area contributed by atoms with Gasteiger partial charge in [0, 0.05) is 17.4 Å². The van der Waals surface area contributed by atoms with Crippen molar-refractivity contribution in [3.8, 4) is 5.75 Å². The van der Waals surface area contributed by atoms with E-state index in [9.17, 15) is 9.90 Å². The number of ketones is 1. The van der Waals surface area contributed by atoms with Gasteiger partial charge in [0.25, 0.3) is 0 Å². The fourth-order valence-electron chi connectivity index (χ4n) is 2.04. The summed E-state index contributed by atoms with van der Waals surface area (Å²) < 4.78 is 5.59. The summed E-state index contributed by atoms with van der Waals surface area (Å²) in [4.78, 5) is 11.9. The molecular formula is C16H18O3. The van der Waals surface area contributed by atoms with Crippen molar-refractivity contribution in [3.63, 3.8) is 0 Å². The number of Topliss-reactive ketones (excluding diaryl/α,β-unsaturated/α-hetero) is 1. The predicted octanol–water partition coefficient (Wildman–Crippen LogP) is 3.19. The van der Waals surface area contributed by atoms with Crippen LogP contribution in [0.3, 0.4) is 0 Å². The van der Waals surface area contributed by atoms with Gasteiger partial charge >= 0.3 is 0 Å². The second-order valence-corrected chi connectivity index (χ2v) is 4.59. The monoisotopic (exact) mass is 258 g/mol. The normalized spacial score (nSPS) is 12.4. The van der Waals surface area contributed by atoms with Crippen molar-refractivity contribution in [2.24, 2.45) is 0 Å². The van der Waals surface area contributed by atoms with Crippen LogP contribution in [0.4, 0.5) is 0 Å². The molecule has 1 N–H and O–H groups in total. The first-order valence-electron chi connectivity index (χ1n) is 6.49. The summed E-state index contributed by atoms with van der Waals surface area (Å²) in [6, 6.07) is 11.3. The van der Waals surface area contributed by atoms with Gasteiger partial charge in [-0.1, -0.05) is 31.2 Å². The summed E-state index contributed by atoms with van der Waals surface area (Å²) >= 11 is 0. The van der Waals surface area contributed by atoms with Gasteiger partial charge in [0.2, 0.25) is 0 Å². The Morgan fingerprint density at radius 2 is 1.89 bits per heavy atom. The van der Waals surface area contributed by atoms with Crippen LogP contribution in [0.25, 0.3) is 10.8 Å². The van der Waals surface area contributed by atoms with Crippen molar-refractivity contribution in [1.82, 2.24) is 0 Å². The van der Waals surface area contributed by atoms with Gasteiger partial charge in [-0.3, -0.25) is 4.79 Å². The Kier molecular flexibility index (Phi) is 4.17. The van der Waals surface area contributed by atoms with Crippen LogP contribution in [0, 0.1) is 0 Å². The van der Waals surface area contributed by atoms with Crippen molar-refractivity contribution >= 4 is 16.6 Å². The van der Waals surface area contributed by atoms with Crippen molar-refractivity contribution in [2.75, 3.05) is 6.61 Å². The predicted molar refractivity (Wildman–Crippen MR) is 75.7 cm³/mol. The van der Waals surface area contributed by atoms with Gasteiger partial charge in [-0.2, -0.15) is 0 Å². The minimum atomic E-state index is -0.518. The number of benzene rings is 2. The van der Waals surface area contributed by atoms with Crippen molar-refractivity contribution < 1.29 is 14.6 Å². The molecule has 0 spiro atoms. The zero-order chi connectivity index (χ0) is 13.8. The highest BCUT2D eigenvalue weighted by Crippen LogP contribution is 2.29. The summed E-state index contributed by atoms with van der Waals surface area (Å²) in [6.45, 7) is 3.77. The highest BCUT2D eigenvalue weighted by molar-refractivity contribution is 6.09. The quantitative estimate of drug-likeness (QED) is 0.838. The largest absolute Gasteiger partial charge is 0.490 e. The number of ether oxygens (including phenoxy) is 1. The maximum atomic E-state index is 11.9. The maximum Gasteiger partial charge on any atom is 0.163 e. The molecule has 0 aliphatic heterocycles. The number of rotatable bonds is 5. The van der Waals surface area contributed by atoms with Crippen molar-refractivity contribution in [2.45, 2.75) is 26.4 Å². The molecule has 0 saturated heterocycles. The minimum absolute atomic E-state index is 0.123. The third-order valence-electron chi connectivity index (χ3n) is 2.99. The molecule has 0 unspecified atom stereocenters. The number of hydrogen-bond acceptors (Lipinski definition) is 3. The molecule has 0 aliphatic rings. The first kappa shape index (κ1) is 13.6. The third kappa shape index (κ3) is 2.93. The van der Waals surface area contributed by atoms with Crippen LogP contribution in [0.1, 0.15) is 30.6 Å². The van der Waals surface area contributed by atoms with Gasteiger partial charge in [-0.15, -0.1) is 0 Å². The molecule has 0 radical (unpaired) electrons. The van der Waals surface area contributed by atoms with E-state index >= 15 is 0 Å². The Hall–Kier alpha value is -1.87. The van der Waals surface area contributed by atoms with Gasteiger partial charge in [0.15, 0.2) is 5.78 Å². The van der Waals surface area contributed by atoms with Crippen LogP contribution in [-0.4, -0.2) is 23.6 Å². The van der Waals surface area contributed by atoms with E-state index in [1.165, 1.54) is 0 Å². The number of carbonyl (C=O) groups excluding carboxylic acids is 1. The first-order chi connectivity index (χ1) is 9.13. The molecule has 3 nitrogen and oxygen atoms in total. The van der Waals surface area contributed by atoms with E-state index in [2.05, 4.69) is 0 Å². The summed E-state index contributed by atoms with van der Waals surface area (Å²) in [6.07, 6.45) is -0.0339. The molecule has 0 fully saturated rings. The zero-order valence-corrected chi connectivity index (χ0v) is 11.2. The van der Waals surface area contributed by atoms with Gasteiger partial charge in [-0.05, 0) is 24.4 Å². The zero-order valence-electron chi connectivity index (χ0n) is 11.2. The Morgan fingerprint density at radius 1 is 1.21 bits per heavy atom. The molecular weight excluding hydrogens is 240 g/mol. The van der Waals surface area contributed by atoms with Crippen LogP contribution < -0.4 is 4.74 Å². The number of carbonyl (C=O) groups is 1. The Morgan fingerprint density at radius 3 is 2.53 bits per heavy atom. The molecule has 1 atom stereocenters. The molecule has 0 aliphatic carbocycles. The highest BCUT2D eigenvalue weighted by Gasteiger charge is 2.11. The average molecular weight is 258 g/mol. The third-order valence-corrected chi connectivity index (χ3v) is 2.99. The summed E-state index contributed by atoms with van der Waals surface area (Å²) in [5.74, 6) is 0.822. The topological polar surface area (TPSA) is 46.5 Å². The molecule has 0 saturated carbocycles. The van der Waals surface area contributed by atoms with E-state index in [-0.39, 0.29) is 12.4 Å². The van der Waals surface area contributed by atoms with E-state index in [1.54, 1.807) is 19.1 Å². The second-order valence-electron chi connectivity index (χ2n) is 4.59. The standard InChI is InChI=1S/C16H18O3/c1-3-15(18)13-8-9-16(19-10-11(2)17)14-7-5-4-6-12(13)14/h4-9,11,17H,3,10H2,1-2H3/t11-/m1/s1. The maximum absolute atomic E-state index is 11.9. The van der Waals surface area contributed by atoms with E-state index in [0.717, 1.165) is 16.3 Å². The van der Waals surface area contributed by atoms with Gasteiger partial charge in [0.1, 0.15) is 12.4 Å². The van der Waals surface area contributed by atoms with Crippen LogP contribution >= 0.6 is 0 Å². The van der Waals surface area contributed by atoms with E-state index in [4.69, 9.17) is 4.74 Å². The van der Waals surface area contributed by atoms with E-state index in [0.29, 0.717) is 12.2 Å². The van der Waals surface area contributed by atoms with E-state index in [1.807, 2.05) is 31.2 Å². The highest BCUT2D eigenvalue weighted by atomic mass is 16.5. The van der Waals surface area contributed by atoms with Crippen LogP contribution in [-0.2, 0) is 0 Å². The fourth-order valence-corrected chi connectivity index (χ4v) is 2.04. The first-order valence-corrected chi connectivity index (χ1v) is 6.49. The van der Waals surface area contributed by atoms with Crippen LogP contribution in [0.5, 0.6) is 5.75 Å². The minimum Gasteiger partial charge on any atom is -0.490 e. The van der Waals surface area contributed by atoms with Crippen molar-refractivity contribution in [3.05, 3.63) is 42.0 Å². The number of fused-ring (bicyclic) bond motifs is 1. The Bertz CT molecular complexity index is 588. The molecule has 3 heteroatoms. The molecule has 0 heterocycles. The lowest BCUT2D eigenvalue weighted by molar-refractivity contribution is 0.0989. The van der Waals surface area contributed by atoms with Gasteiger partial charge in [0.05, 0.1) is 6.10 Å². The van der Waals surface area contributed by atoms with Gasteiger partial charge < -0.3 is 9.84 Å². The lowest BCUT2D eigenvalue weighted by Crippen LogP contribution is -2.13.